The molecule has 0 bridgehead atoms. The zero-order chi connectivity index (χ0) is 34.8. The van der Waals surface area contributed by atoms with Crippen LogP contribution in [0.5, 0.6) is 0 Å². The van der Waals surface area contributed by atoms with Crippen LogP contribution < -0.4 is 15.8 Å². The van der Waals surface area contributed by atoms with Gasteiger partial charge < -0.3 is 20.7 Å². The number of halogens is 2. The minimum atomic E-state index is -3.85. The smallest absolute Gasteiger partial charge is 0.322 e. The summed E-state index contributed by atoms with van der Waals surface area (Å²) >= 11 is 0. The largest absolute Gasteiger partial charge is 0.466 e. The molecule has 0 heterocycles. The van der Waals surface area contributed by atoms with Gasteiger partial charge >= 0.3 is 12.0 Å². The highest BCUT2D eigenvalue weighted by atomic mass is 32.2. The van der Waals surface area contributed by atoms with E-state index in [0.717, 1.165) is 12.1 Å². The number of urea groups is 1. The molecular formula is C34H42F2N4O6S. The summed E-state index contributed by atoms with van der Waals surface area (Å²) in [7, 11) is -3.85. The maximum absolute atomic E-state index is 14.4. The first-order valence-corrected chi connectivity index (χ1v) is 16.8. The lowest BCUT2D eigenvalue weighted by Gasteiger charge is -2.27. The van der Waals surface area contributed by atoms with E-state index in [9.17, 15) is 31.6 Å². The molecule has 0 saturated heterocycles. The van der Waals surface area contributed by atoms with E-state index < -0.39 is 51.0 Å². The summed E-state index contributed by atoms with van der Waals surface area (Å²) in [5.41, 5.74) is 6.03. The molecule has 47 heavy (non-hydrogen) atoms. The number of primary amides is 1. The van der Waals surface area contributed by atoms with Crippen LogP contribution in [0.25, 0.3) is 11.1 Å². The summed E-state index contributed by atoms with van der Waals surface area (Å²) in [6, 6.07) is 15.5. The van der Waals surface area contributed by atoms with Gasteiger partial charge in [0.1, 0.15) is 11.6 Å². The van der Waals surface area contributed by atoms with Crippen LogP contribution in [0.4, 0.5) is 19.3 Å². The van der Waals surface area contributed by atoms with Gasteiger partial charge in [-0.25, -0.2) is 26.7 Å². The van der Waals surface area contributed by atoms with Crippen LogP contribution in [0, 0.1) is 17.6 Å². The van der Waals surface area contributed by atoms with E-state index in [-0.39, 0.29) is 36.7 Å². The van der Waals surface area contributed by atoms with Gasteiger partial charge in [0, 0.05) is 36.7 Å². The number of nitrogens with two attached hydrogens (primary N) is 1. The molecule has 0 fully saturated rings. The van der Waals surface area contributed by atoms with Crippen molar-refractivity contribution < 1.29 is 36.3 Å². The number of nitrogens with zero attached hydrogens (tertiary/aromatic N) is 1. The number of hydrogen-bond donors (Lipinski definition) is 3. The van der Waals surface area contributed by atoms with Gasteiger partial charge in [0.2, 0.25) is 15.9 Å². The maximum atomic E-state index is 14.4. The summed E-state index contributed by atoms with van der Waals surface area (Å²) < 4.78 is 62.2. The first-order valence-electron chi connectivity index (χ1n) is 15.3. The third-order valence-corrected chi connectivity index (χ3v) is 8.82. The highest BCUT2D eigenvalue weighted by molar-refractivity contribution is 7.89. The van der Waals surface area contributed by atoms with Gasteiger partial charge in [-0.1, -0.05) is 48.9 Å². The lowest BCUT2D eigenvalue weighted by molar-refractivity contribution is -0.148. The zero-order valence-corrected chi connectivity index (χ0v) is 27.8. The summed E-state index contributed by atoms with van der Waals surface area (Å²) in [4.78, 5) is 39.0. The van der Waals surface area contributed by atoms with Gasteiger partial charge in [0.15, 0.2) is 0 Å². The molecule has 254 valence electrons. The molecule has 3 aromatic carbocycles. The van der Waals surface area contributed by atoms with Crippen LogP contribution in [0.2, 0.25) is 0 Å². The Labute approximate surface area is 274 Å². The molecule has 0 aliphatic rings. The number of anilines is 1. The molecule has 3 rings (SSSR count). The fourth-order valence-electron chi connectivity index (χ4n) is 4.91. The molecule has 0 aromatic heterocycles. The molecule has 1 atom stereocenters. The minimum Gasteiger partial charge on any atom is -0.466 e. The van der Waals surface area contributed by atoms with Crippen molar-refractivity contribution in [1.29, 1.82) is 0 Å². The van der Waals surface area contributed by atoms with Gasteiger partial charge in [-0.3, -0.25) is 9.59 Å². The Morgan fingerprint density at radius 1 is 0.979 bits per heavy atom. The summed E-state index contributed by atoms with van der Waals surface area (Å²) in [5, 5.41) is 2.45. The summed E-state index contributed by atoms with van der Waals surface area (Å²) in [6.45, 7) is 6.91. The van der Waals surface area contributed by atoms with Crippen LogP contribution in [0.15, 0.2) is 71.6 Å². The van der Waals surface area contributed by atoms with Crippen molar-refractivity contribution in [3.05, 3.63) is 83.9 Å². The van der Waals surface area contributed by atoms with Gasteiger partial charge in [-0.2, -0.15) is 0 Å². The van der Waals surface area contributed by atoms with E-state index in [2.05, 4.69) is 10.0 Å². The van der Waals surface area contributed by atoms with E-state index in [1.807, 2.05) is 0 Å². The van der Waals surface area contributed by atoms with Gasteiger partial charge in [0.25, 0.3) is 0 Å². The fraction of sp³-hybridized carbons (Fsp3) is 0.382. The Morgan fingerprint density at radius 2 is 1.66 bits per heavy atom. The molecule has 0 saturated carbocycles. The van der Waals surface area contributed by atoms with Crippen LogP contribution in [-0.2, 0) is 30.9 Å². The molecule has 0 aliphatic carbocycles. The quantitative estimate of drug-likeness (QED) is 0.134. The van der Waals surface area contributed by atoms with E-state index in [1.54, 1.807) is 70.2 Å². The van der Waals surface area contributed by atoms with Crippen molar-refractivity contribution in [2.45, 2.75) is 70.4 Å². The lowest BCUT2D eigenvalue weighted by atomic mass is 9.99. The molecule has 10 nitrogen and oxygen atoms in total. The molecule has 0 spiro atoms. The number of unbranched alkanes of at least 4 members (excludes halogenated alkanes) is 1. The summed E-state index contributed by atoms with van der Waals surface area (Å²) in [5.74, 6) is -3.54. The molecule has 4 N–H and O–H groups in total. The SMILES string of the molecule is CCOC(=O)C(CCCCC(N)=O)CN(Cc1ccc(-c2ccccc2S(=O)(=O)NC(C)(C)C)cc1)C(=O)Nc1ccc(F)cc1F. The Balaban J connectivity index is 1.92. The van der Waals surface area contributed by atoms with Crippen molar-refractivity contribution in [2.75, 3.05) is 18.5 Å². The van der Waals surface area contributed by atoms with Crippen molar-refractivity contribution in [3.63, 3.8) is 0 Å². The number of ether oxygens (including phenoxy) is 1. The number of amides is 3. The molecule has 0 aliphatic heterocycles. The van der Waals surface area contributed by atoms with Gasteiger partial charge in [0.05, 0.1) is 23.1 Å². The predicted molar refractivity (Wildman–Crippen MR) is 176 cm³/mol. The van der Waals surface area contributed by atoms with Gasteiger partial charge in [-0.05, 0) is 69.9 Å². The second-order valence-electron chi connectivity index (χ2n) is 12.1. The Morgan fingerprint density at radius 3 is 2.28 bits per heavy atom. The number of nitrogens with one attached hydrogen (secondary N) is 2. The normalized spacial score (nSPS) is 12.3. The van der Waals surface area contributed by atoms with E-state index in [1.165, 1.54) is 11.0 Å². The molecule has 0 radical (unpaired) electrons. The van der Waals surface area contributed by atoms with Crippen molar-refractivity contribution in [2.24, 2.45) is 11.7 Å². The second-order valence-corrected chi connectivity index (χ2v) is 13.8. The Bertz CT molecular complexity index is 1660. The standard InChI is InChI=1S/C34H42F2N4O6S/c1-5-46-32(42)25(10-6-9-13-31(37)41)22-40(33(43)38-29-19-18-26(35)20-28(29)36)21-23-14-16-24(17-15-23)27-11-7-8-12-30(27)47(44,45)39-34(2,3)4/h7-8,11-12,14-20,25,39H,5-6,9-10,13,21-22H2,1-4H3,(H2,37,41)(H,38,43). The topological polar surface area (TPSA) is 148 Å². The van der Waals surface area contributed by atoms with Crippen molar-refractivity contribution >= 4 is 33.6 Å². The molecule has 3 amide bonds. The van der Waals surface area contributed by atoms with Crippen LogP contribution in [0.3, 0.4) is 0 Å². The number of hydrogen-bond acceptors (Lipinski definition) is 6. The Hall–Kier alpha value is -4.36. The molecule has 13 heteroatoms. The number of sulfonamides is 1. The second kappa shape index (κ2) is 16.5. The van der Waals surface area contributed by atoms with Crippen LogP contribution >= 0.6 is 0 Å². The molecular weight excluding hydrogens is 630 g/mol. The molecule has 3 aromatic rings. The molecule has 1 unspecified atom stereocenters. The average Bonchev–Trinajstić information content (AvgIpc) is 2.98. The summed E-state index contributed by atoms with van der Waals surface area (Å²) in [6.07, 6.45) is 1.36. The van der Waals surface area contributed by atoms with Crippen LogP contribution in [-0.4, -0.2) is 49.9 Å². The monoisotopic (exact) mass is 672 g/mol. The number of esters is 1. The number of rotatable bonds is 15. The number of carbonyl (C=O) groups is 3. The zero-order valence-electron chi connectivity index (χ0n) is 27.0. The first kappa shape index (κ1) is 37.1. The number of carbonyl (C=O) groups excluding carboxylic acids is 3. The Kier molecular flexibility index (Phi) is 13.0. The average molecular weight is 673 g/mol. The maximum Gasteiger partial charge on any atom is 0.322 e. The van der Waals surface area contributed by atoms with Gasteiger partial charge in [-0.15, -0.1) is 0 Å². The minimum absolute atomic E-state index is 0.0162. The van der Waals surface area contributed by atoms with E-state index in [0.29, 0.717) is 42.0 Å². The van der Waals surface area contributed by atoms with Crippen LogP contribution in [0.1, 0.15) is 58.9 Å². The third-order valence-electron chi connectivity index (χ3n) is 7.00. The van der Waals surface area contributed by atoms with Crippen molar-refractivity contribution in [1.82, 2.24) is 9.62 Å². The first-order chi connectivity index (χ1) is 22.1. The fourth-order valence-corrected chi connectivity index (χ4v) is 6.56. The third kappa shape index (κ3) is 11.4. The van der Waals surface area contributed by atoms with E-state index >= 15 is 0 Å². The highest BCUT2D eigenvalue weighted by Gasteiger charge is 2.27. The van der Waals surface area contributed by atoms with E-state index in [4.69, 9.17) is 10.5 Å². The van der Waals surface area contributed by atoms with Crippen molar-refractivity contribution in [3.8, 4) is 11.1 Å². The predicted octanol–water partition coefficient (Wildman–Crippen LogP) is 5.97. The lowest BCUT2D eigenvalue weighted by Crippen LogP contribution is -2.40. The highest BCUT2D eigenvalue weighted by Crippen LogP contribution is 2.29. The number of benzene rings is 3.